The third-order valence-corrected chi connectivity index (χ3v) is 5.00. The Bertz CT molecular complexity index is 358. The van der Waals surface area contributed by atoms with Crippen LogP contribution in [-0.2, 0) is 0 Å². The summed E-state index contributed by atoms with van der Waals surface area (Å²) < 4.78 is 0. The summed E-state index contributed by atoms with van der Waals surface area (Å²) in [4.78, 5) is 2.37. The van der Waals surface area contributed by atoms with Gasteiger partial charge in [0.25, 0.3) is 0 Å². The molecule has 1 aliphatic rings. The Morgan fingerprint density at radius 1 is 1.10 bits per heavy atom. The van der Waals surface area contributed by atoms with E-state index in [1.807, 2.05) is 0 Å². The standard InChI is InChI=1S/C19H33N/c1-14(2)16(5)12-17(6)20(7)13-18-8-10-19(11-9-18)15(3)4/h16,18-19H,1,3,6,8-13H2,2,4-5,7H3. The van der Waals surface area contributed by atoms with E-state index in [1.54, 1.807) is 0 Å². The van der Waals surface area contributed by atoms with E-state index in [9.17, 15) is 0 Å². The van der Waals surface area contributed by atoms with Gasteiger partial charge in [0.2, 0.25) is 0 Å². The second-order valence-electron chi connectivity index (χ2n) is 6.96. The van der Waals surface area contributed by atoms with Gasteiger partial charge in [0.1, 0.15) is 0 Å². The highest BCUT2D eigenvalue weighted by molar-refractivity contribution is 5.04. The van der Waals surface area contributed by atoms with Gasteiger partial charge in [-0.2, -0.15) is 0 Å². The summed E-state index contributed by atoms with van der Waals surface area (Å²) in [6.45, 7) is 20.1. The lowest BCUT2D eigenvalue weighted by molar-refractivity contribution is 0.236. The predicted molar refractivity (Wildman–Crippen MR) is 90.6 cm³/mol. The average molecular weight is 275 g/mol. The van der Waals surface area contributed by atoms with Crippen molar-refractivity contribution >= 4 is 0 Å². The molecule has 0 aromatic heterocycles. The van der Waals surface area contributed by atoms with Gasteiger partial charge in [0.15, 0.2) is 0 Å². The van der Waals surface area contributed by atoms with E-state index in [-0.39, 0.29) is 0 Å². The van der Waals surface area contributed by atoms with Crippen molar-refractivity contribution in [3.05, 3.63) is 36.6 Å². The van der Waals surface area contributed by atoms with Crippen LogP contribution in [0.5, 0.6) is 0 Å². The first-order valence-electron chi connectivity index (χ1n) is 8.01. The normalized spacial score (nSPS) is 24.0. The minimum Gasteiger partial charge on any atom is -0.378 e. The predicted octanol–water partition coefficient (Wildman–Crippen LogP) is 5.42. The summed E-state index contributed by atoms with van der Waals surface area (Å²) in [5.74, 6) is 2.12. The molecule has 1 aliphatic carbocycles. The first kappa shape index (κ1) is 17.1. The molecule has 1 nitrogen and oxygen atoms in total. The number of hydrogen-bond donors (Lipinski definition) is 0. The quantitative estimate of drug-likeness (QED) is 0.561. The van der Waals surface area contributed by atoms with Crippen LogP contribution >= 0.6 is 0 Å². The summed E-state index contributed by atoms with van der Waals surface area (Å²) in [7, 11) is 2.19. The van der Waals surface area contributed by atoms with E-state index in [0.29, 0.717) is 5.92 Å². The number of rotatable bonds is 7. The zero-order valence-corrected chi connectivity index (χ0v) is 14.0. The van der Waals surface area contributed by atoms with Gasteiger partial charge in [-0.3, -0.25) is 0 Å². The summed E-state index contributed by atoms with van der Waals surface area (Å²) in [5, 5.41) is 0. The van der Waals surface area contributed by atoms with Crippen LogP contribution in [0.15, 0.2) is 36.6 Å². The van der Waals surface area contributed by atoms with E-state index in [4.69, 9.17) is 0 Å². The van der Waals surface area contributed by atoms with Crippen molar-refractivity contribution < 1.29 is 0 Å². The average Bonchev–Trinajstić information content (AvgIpc) is 2.38. The molecule has 1 atom stereocenters. The van der Waals surface area contributed by atoms with E-state index < -0.39 is 0 Å². The molecule has 114 valence electrons. The van der Waals surface area contributed by atoms with Crippen LogP contribution in [0.4, 0.5) is 0 Å². The van der Waals surface area contributed by atoms with Crippen LogP contribution in [0.25, 0.3) is 0 Å². The molecule has 1 rings (SSSR count). The highest BCUT2D eigenvalue weighted by atomic mass is 15.1. The second kappa shape index (κ2) is 7.71. The van der Waals surface area contributed by atoms with Crippen molar-refractivity contribution in [2.24, 2.45) is 17.8 Å². The van der Waals surface area contributed by atoms with Crippen LogP contribution in [0.2, 0.25) is 0 Å². The van der Waals surface area contributed by atoms with Crippen LogP contribution in [-0.4, -0.2) is 18.5 Å². The van der Waals surface area contributed by atoms with Gasteiger partial charge >= 0.3 is 0 Å². The molecule has 1 saturated carbocycles. The molecule has 0 spiro atoms. The Kier molecular flexibility index (Phi) is 6.58. The molecule has 0 N–H and O–H groups in total. The van der Waals surface area contributed by atoms with Crippen molar-refractivity contribution in [3.63, 3.8) is 0 Å². The van der Waals surface area contributed by atoms with Crippen molar-refractivity contribution in [3.8, 4) is 0 Å². The topological polar surface area (TPSA) is 3.24 Å². The maximum absolute atomic E-state index is 4.26. The molecule has 0 amide bonds. The Balaban J connectivity index is 2.36. The maximum atomic E-state index is 4.26. The number of hydrogen-bond acceptors (Lipinski definition) is 1. The minimum absolute atomic E-state index is 0.532. The van der Waals surface area contributed by atoms with Crippen LogP contribution in [0.1, 0.15) is 52.9 Å². The number of allylic oxidation sites excluding steroid dienone is 3. The van der Waals surface area contributed by atoms with Crippen molar-refractivity contribution in [1.29, 1.82) is 0 Å². The molecule has 0 aromatic carbocycles. The Labute approximate surface area is 126 Å². The highest BCUT2D eigenvalue weighted by Crippen LogP contribution is 2.33. The summed E-state index contributed by atoms with van der Waals surface area (Å²) in [6.07, 6.45) is 6.36. The first-order valence-corrected chi connectivity index (χ1v) is 8.01. The molecule has 0 bridgehead atoms. The molecule has 1 heteroatoms. The van der Waals surface area contributed by atoms with E-state index >= 15 is 0 Å². The number of nitrogens with zero attached hydrogens (tertiary/aromatic N) is 1. The largest absolute Gasteiger partial charge is 0.378 e. The molecule has 0 radical (unpaired) electrons. The molecule has 0 aromatic rings. The molecule has 0 saturated heterocycles. The zero-order valence-electron chi connectivity index (χ0n) is 14.0. The third kappa shape index (κ3) is 5.19. The monoisotopic (exact) mass is 275 g/mol. The highest BCUT2D eigenvalue weighted by Gasteiger charge is 2.23. The fraction of sp³-hybridized carbons (Fsp3) is 0.684. The lowest BCUT2D eigenvalue weighted by Crippen LogP contribution is -2.28. The molecule has 20 heavy (non-hydrogen) atoms. The summed E-state index contributed by atoms with van der Waals surface area (Å²) in [5.41, 5.74) is 3.88. The van der Waals surface area contributed by atoms with Gasteiger partial charge < -0.3 is 4.90 Å². The fourth-order valence-electron chi connectivity index (χ4n) is 3.04. The summed E-state index contributed by atoms with van der Waals surface area (Å²) >= 11 is 0. The summed E-state index contributed by atoms with van der Waals surface area (Å²) in [6, 6.07) is 0. The van der Waals surface area contributed by atoms with E-state index in [2.05, 4.69) is 52.5 Å². The molecule has 1 fully saturated rings. The lowest BCUT2D eigenvalue weighted by atomic mass is 9.79. The van der Waals surface area contributed by atoms with Gasteiger partial charge in [-0.25, -0.2) is 0 Å². The van der Waals surface area contributed by atoms with Gasteiger partial charge in [0, 0.05) is 19.3 Å². The fourth-order valence-corrected chi connectivity index (χ4v) is 3.04. The van der Waals surface area contributed by atoms with Gasteiger partial charge in [0.05, 0.1) is 0 Å². The smallest absolute Gasteiger partial charge is 0.0199 e. The van der Waals surface area contributed by atoms with E-state index in [0.717, 1.165) is 24.8 Å². The minimum atomic E-state index is 0.532. The molecule has 0 heterocycles. The van der Waals surface area contributed by atoms with Crippen LogP contribution < -0.4 is 0 Å². The lowest BCUT2D eigenvalue weighted by Gasteiger charge is -2.33. The van der Waals surface area contributed by atoms with Crippen LogP contribution in [0, 0.1) is 17.8 Å². The van der Waals surface area contributed by atoms with Crippen molar-refractivity contribution in [2.75, 3.05) is 13.6 Å². The molecular formula is C19H33N. The van der Waals surface area contributed by atoms with Crippen LogP contribution in [0.3, 0.4) is 0 Å². The van der Waals surface area contributed by atoms with Gasteiger partial charge in [-0.1, -0.05) is 37.8 Å². The van der Waals surface area contributed by atoms with Gasteiger partial charge in [-0.15, -0.1) is 0 Å². The van der Waals surface area contributed by atoms with Crippen molar-refractivity contribution in [2.45, 2.75) is 52.9 Å². The Hall–Kier alpha value is -0.980. The first-order chi connectivity index (χ1) is 9.31. The Morgan fingerprint density at radius 3 is 2.10 bits per heavy atom. The Morgan fingerprint density at radius 2 is 1.65 bits per heavy atom. The second-order valence-corrected chi connectivity index (χ2v) is 6.96. The maximum Gasteiger partial charge on any atom is 0.0199 e. The van der Waals surface area contributed by atoms with Crippen molar-refractivity contribution in [1.82, 2.24) is 4.90 Å². The zero-order chi connectivity index (χ0) is 15.3. The SMILES string of the molecule is C=C(C)C(C)CC(=C)N(C)CC1CCC(C(=C)C)CC1. The molecule has 1 unspecified atom stereocenters. The van der Waals surface area contributed by atoms with Gasteiger partial charge in [-0.05, 0) is 63.7 Å². The molecule has 0 aliphatic heterocycles. The van der Waals surface area contributed by atoms with E-state index in [1.165, 1.54) is 42.5 Å². The third-order valence-electron chi connectivity index (χ3n) is 5.00. The molecular weight excluding hydrogens is 242 g/mol.